The number of aryl methyl sites for hydroxylation is 2. The number of thiophene rings is 1. The summed E-state index contributed by atoms with van der Waals surface area (Å²) in [4.78, 5) is 30.9. The summed E-state index contributed by atoms with van der Waals surface area (Å²) in [5, 5.41) is 14.7. The molecule has 9 heteroatoms. The van der Waals surface area contributed by atoms with Crippen LogP contribution >= 0.6 is 22.7 Å². The molecule has 1 aliphatic rings. The normalized spacial score (nSPS) is 13.5. The van der Waals surface area contributed by atoms with Gasteiger partial charge < -0.3 is 0 Å². The SMILES string of the molecule is CC(C)c1nnc(NC(=O)Cn2cnc3scc(-c4ccc5c(c4)CCCC5)c3c2=O)s1. The van der Waals surface area contributed by atoms with E-state index < -0.39 is 0 Å². The van der Waals surface area contributed by atoms with Crippen molar-refractivity contribution in [2.45, 2.75) is 52.0 Å². The summed E-state index contributed by atoms with van der Waals surface area (Å²) in [6, 6.07) is 6.49. The smallest absolute Gasteiger partial charge is 0.263 e. The number of hydrogen-bond donors (Lipinski definition) is 1. The highest BCUT2D eigenvalue weighted by Crippen LogP contribution is 2.33. The molecule has 164 valence electrons. The van der Waals surface area contributed by atoms with E-state index in [9.17, 15) is 9.59 Å². The first-order valence-corrected chi connectivity index (χ1v) is 12.4. The molecule has 0 saturated heterocycles. The first-order chi connectivity index (χ1) is 15.5. The van der Waals surface area contributed by atoms with Crippen molar-refractivity contribution in [3.63, 3.8) is 0 Å². The van der Waals surface area contributed by atoms with Crippen molar-refractivity contribution in [2.75, 3.05) is 5.32 Å². The van der Waals surface area contributed by atoms with E-state index >= 15 is 0 Å². The first-order valence-electron chi connectivity index (χ1n) is 10.7. The van der Waals surface area contributed by atoms with Gasteiger partial charge in [-0.15, -0.1) is 21.5 Å². The standard InChI is InChI=1S/C23H23N5O2S2/c1-13(2)20-26-27-23(32-20)25-18(29)10-28-12-24-21-19(22(28)30)17(11-31-21)16-8-7-14-5-3-4-6-15(14)9-16/h7-9,11-13H,3-6,10H2,1-2H3,(H,25,27,29). The van der Waals surface area contributed by atoms with Crippen LogP contribution in [0.15, 0.2) is 34.7 Å². The molecule has 0 unspecified atom stereocenters. The molecule has 3 heterocycles. The Morgan fingerprint density at radius 3 is 2.78 bits per heavy atom. The predicted molar refractivity (Wildman–Crippen MR) is 129 cm³/mol. The van der Waals surface area contributed by atoms with Gasteiger partial charge in [-0.05, 0) is 42.4 Å². The summed E-state index contributed by atoms with van der Waals surface area (Å²) in [7, 11) is 0. The second kappa shape index (κ2) is 8.55. The highest BCUT2D eigenvalue weighted by molar-refractivity contribution is 7.17. The molecule has 1 N–H and O–H groups in total. The molecule has 7 nitrogen and oxygen atoms in total. The van der Waals surface area contributed by atoms with Gasteiger partial charge in [0.05, 0.1) is 11.7 Å². The molecule has 1 aromatic carbocycles. The van der Waals surface area contributed by atoms with Gasteiger partial charge in [-0.2, -0.15) is 0 Å². The second-order valence-corrected chi connectivity index (χ2v) is 10.2. The average molecular weight is 466 g/mol. The van der Waals surface area contributed by atoms with Crippen LogP contribution in [-0.4, -0.2) is 25.7 Å². The topological polar surface area (TPSA) is 89.8 Å². The fraction of sp³-hybridized carbons (Fsp3) is 0.348. The van der Waals surface area contributed by atoms with E-state index in [0.29, 0.717) is 15.3 Å². The van der Waals surface area contributed by atoms with Gasteiger partial charge in [0.1, 0.15) is 16.4 Å². The number of carbonyl (C=O) groups excluding carboxylic acids is 1. The van der Waals surface area contributed by atoms with Crippen LogP contribution < -0.4 is 10.9 Å². The number of hydrogen-bond acceptors (Lipinski definition) is 7. The van der Waals surface area contributed by atoms with E-state index in [1.165, 1.54) is 57.5 Å². The van der Waals surface area contributed by atoms with Crippen LogP contribution in [-0.2, 0) is 24.2 Å². The molecule has 1 aliphatic carbocycles. The van der Waals surface area contributed by atoms with Gasteiger partial charge in [-0.1, -0.05) is 43.4 Å². The quantitative estimate of drug-likeness (QED) is 0.465. The Morgan fingerprint density at radius 2 is 2.00 bits per heavy atom. The molecule has 4 aromatic rings. The van der Waals surface area contributed by atoms with Crippen LogP contribution in [0.2, 0.25) is 0 Å². The summed E-state index contributed by atoms with van der Waals surface area (Å²) < 4.78 is 1.36. The number of carbonyl (C=O) groups is 1. The minimum Gasteiger partial charge on any atom is -0.299 e. The lowest BCUT2D eigenvalue weighted by Crippen LogP contribution is -2.27. The number of amides is 1. The third-order valence-corrected chi connectivity index (χ3v) is 7.74. The van der Waals surface area contributed by atoms with Gasteiger partial charge in [0.15, 0.2) is 0 Å². The van der Waals surface area contributed by atoms with Gasteiger partial charge in [0, 0.05) is 16.9 Å². The Hall–Kier alpha value is -2.91. The Labute approximate surface area is 193 Å². The van der Waals surface area contributed by atoms with E-state index in [4.69, 9.17) is 0 Å². The second-order valence-electron chi connectivity index (χ2n) is 8.35. The van der Waals surface area contributed by atoms with E-state index in [0.717, 1.165) is 29.0 Å². The molecule has 0 atom stereocenters. The minimum atomic E-state index is -0.328. The van der Waals surface area contributed by atoms with Crippen molar-refractivity contribution in [3.05, 3.63) is 56.4 Å². The Kier molecular flexibility index (Phi) is 5.60. The maximum Gasteiger partial charge on any atom is 0.263 e. The number of rotatable bonds is 5. The monoisotopic (exact) mass is 465 g/mol. The predicted octanol–water partition coefficient (Wildman–Crippen LogP) is 4.62. The van der Waals surface area contributed by atoms with Gasteiger partial charge >= 0.3 is 0 Å². The molecule has 0 aliphatic heterocycles. The number of aromatic nitrogens is 4. The summed E-state index contributed by atoms with van der Waals surface area (Å²) >= 11 is 2.80. The van der Waals surface area contributed by atoms with Crippen LogP contribution in [0.1, 0.15) is 48.7 Å². The van der Waals surface area contributed by atoms with Crippen molar-refractivity contribution in [1.82, 2.24) is 19.7 Å². The van der Waals surface area contributed by atoms with Gasteiger partial charge in [-0.25, -0.2) is 4.98 Å². The molecule has 5 rings (SSSR count). The van der Waals surface area contributed by atoms with E-state index in [2.05, 4.69) is 38.7 Å². The molecule has 1 amide bonds. The van der Waals surface area contributed by atoms with Gasteiger partial charge in [0.2, 0.25) is 11.0 Å². The molecule has 0 fully saturated rings. The third-order valence-electron chi connectivity index (χ3n) is 5.72. The fourth-order valence-corrected chi connectivity index (χ4v) is 5.69. The molecular weight excluding hydrogens is 442 g/mol. The summed E-state index contributed by atoms with van der Waals surface area (Å²) in [5.41, 5.74) is 4.49. The van der Waals surface area contributed by atoms with Crippen molar-refractivity contribution < 1.29 is 4.79 Å². The van der Waals surface area contributed by atoms with Crippen molar-refractivity contribution >= 4 is 43.9 Å². The molecule has 0 saturated carbocycles. The zero-order chi connectivity index (χ0) is 22.2. The molecule has 3 aromatic heterocycles. The first kappa shape index (κ1) is 21.0. The summed E-state index contributed by atoms with van der Waals surface area (Å²) in [5.74, 6) is -0.0850. The zero-order valence-electron chi connectivity index (χ0n) is 17.9. The molecule has 0 spiro atoms. The molecule has 0 bridgehead atoms. The maximum atomic E-state index is 13.3. The van der Waals surface area contributed by atoms with Crippen LogP contribution in [0, 0.1) is 0 Å². The Balaban J connectivity index is 1.43. The number of fused-ring (bicyclic) bond motifs is 2. The maximum absolute atomic E-state index is 13.3. The molecule has 0 radical (unpaired) electrons. The number of benzene rings is 1. The fourth-order valence-electron chi connectivity index (χ4n) is 4.03. The number of anilines is 1. The average Bonchev–Trinajstić information content (AvgIpc) is 3.43. The van der Waals surface area contributed by atoms with Crippen LogP contribution in [0.25, 0.3) is 21.3 Å². The number of nitrogens with zero attached hydrogens (tertiary/aromatic N) is 4. The van der Waals surface area contributed by atoms with E-state index in [1.54, 1.807) is 0 Å². The highest BCUT2D eigenvalue weighted by atomic mass is 32.1. The lowest BCUT2D eigenvalue weighted by molar-refractivity contribution is -0.116. The van der Waals surface area contributed by atoms with Crippen LogP contribution in [0.3, 0.4) is 0 Å². The highest BCUT2D eigenvalue weighted by Gasteiger charge is 2.17. The zero-order valence-corrected chi connectivity index (χ0v) is 19.6. The molecular formula is C23H23N5O2S2. The molecule has 32 heavy (non-hydrogen) atoms. The Morgan fingerprint density at radius 1 is 1.19 bits per heavy atom. The summed E-state index contributed by atoms with van der Waals surface area (Å²) in [6.07, 6.45) is 6.09. The Bertz CT molecular complexity index is 1370. The van der Waals surface area contributed by atoms with Crippen LogP contribution in [0.4, 0.5) is 5.13 Å². The van der Waals surface area contributed by atoms with Crippen LogP contribution in [0.5, 0.6) is 0 Å². The third kappa shape index (κ3) is 3.98. The summed E-state index contributed by atoms with van der Waals surface area (Å²) in [6.45, 7) is 3.92. The van der Waals surface area contributed by atoms with Crippen molar-refractivity contribution in [1.29, 1.82) is 0 Å². The van der Waals surface area contributed by atoms with E-state index in [-0.39, 0.29) is 23.9 Å². The van der Waals surface area contributed by atoms with Gasteiger partial charge in [-0.3, -0.25) is 19.5 Å². The lowest BCUT2D eigenvalue weighted by atomic mass is 9.89. The van der Waals surface area contributed by atoms with E-state index in [1.807, 2.05) is 19.2 Å². The largest absolute Gasteiger partial charge is 0.299 e. The number of nitrogens with one attached hydrogen (secondary N) is 1. The van der Waals surface area contributed by atoms with Gasteiger partial charge in [0.25, 0.3) is 5.56 Å². The lowest BCUT2D eigenvalue weighted by Gasteiger charge is -2.16. The minimum absolute atomic E-state index is 0.127. The van der Waals surface area contributed by atoms with Crippen molar-refractivity contribution in [3.8, 4) is 11.1 Å². The van der Waals surface area contributed by atoms with Crippen molar-refractivity contribution in [2.24, 2.45) is 0 Å².